The third-order valence-electron chi connectivity index (χ3n) is 5.60. The number of piperidine rings is 1. The molecule has 1 aromatic carbocycles. The van der Waals surface area contributed by atoms with Crippen LogP contribution in [0.3, 0.4) is 0 Å². The average Bonchev–Trinajstić information content (AvgIpc) is 3.15. The lowest BCUT2D eigenvalue weighted by atomic mass is 10.0. The minimum Gasteiger partial charge on any atom is -0.444 e. The van der Waals surface area contributed by atoms with Crippen LogP contribution in [-0.4, -0.2) is 44.7 Å². The van der Waals surface area contributed by atoms with Gasteiger partial charge in [0.1, 0.15) is 5.60 Å². The van der Waals surface area contributed by atoms with Gasteiger partial charge in [0.15, 0.2) is 5.65 Å². The lowest BCUT2D eigenvalue weighted by Gasteiger charge is -2.34. The smallest absolute Gasteiger partial charge is 0.410 e. The topological polar surface area (TPSA) is 59.4 Å². The summed E-state index contributed by atoms with van der Waals surface area (Å²) >= 11 is 2.28. The summed E-state index contributed by atoms with van der Waals surface area (Å²) in [6.07, 6.45) is 5.66. The first-order valence-corrected chi connectivity index (χ1v) is 15.2. The summed E-state index contributed by atoms with van der Waals surface area (Å²) in [5.41, 5.74) is 5.11. The van der Waals surface area contributed by atoms with Crippen molar-refractivity contribution in [2.75, 3.05) is 18.4 Å². The molecule has 0 radical (unpaired) electrons. The van der Waals surface area contributed by atoms with Gasteiger partial charge in [0, 0.05) is 78.5 Å². The number of benzene rings is 1. The SMILES string of the molecule is CC.Cc1cn(SI)c2ncc(-c3cccc(NC4CCN(C(=O)OC(C)(C)C)CC4)c3)cc12. The molecule has 34 heavy (non-hydrogen) atoms. The molecule has 8 heteroatoms. The highest BCUT2D eigenvalue weighted by Crippen LogP contribution is 2.31. The quantitative estimate of drug-likeness (QED) is 0.314. The van der Waals surface area contributed by atoms with Gasteiger partial charge in [-0.05, 0) is 69.9 Å². The molecular formula is C26H35IN4O2S. The molecule has 1 fully saturated rings. The van der Waals surface area contributed by atoms with E-state index in [1.165, 1.54) is 10.9 Å². The lowest BCUT2D eigenvalue weighted by molar-refractivity contribution is 0.0210. The summed E-state index contributed by atoms with van der Waals surface area (Å²) < 4.78 is 7.59. The van der Waals surface area contributed by atoms with Gasteiger partial charge in [-0.3, -0.25) is 3.97 Å². The Morgan fingerprint density at radius 1 is 1.18 bits per heavy atom. The number of ether oxygens (including phenoxy) is 1. The Morgan fingerprint density at radius 3 is 2.53 bits per heavy atom. The van der Waals surface area contributed by atoms with Crippen molar-refractivity contribution in [2.24, 2.45) is 0 Å². The van der Waals surface area contributed by atoms with Gasteiger partial charge >= 0.3 is 6.09 Å². The number of nitrogens with zero attached hydrogens (tertiary/aromatic N) is 3. The first-order chi connectivity index (χ1) is 16.2. The van der Waals surface area contributed by atoms with Gasteiger partial charge in [-0.25, -0.2) is 9.78 Å². The maximum absolute atomic E-state index is 12.3. The highest BCUT2D eigenvalue weighted by molar-refractivity contribution is 14.2. The van der Waals surface area contributed by atoms with E-state index in [0.29, 0.717) is 19.1 Å². The van der Waals surface area contributed by atoms with E-state index in [1.54, 1.807) is 9.12 Å². The summed E-state index contributed by atoms with van der Waals surface area (Å²) in [4.78, 5) is 18.8. The van der Waals surface area contributed by atoms with E-state index in [2.05, 4.69) is 73.9 Å². The molecule has 0 atom stereocenters. The van der Waals surface area contributed by atoms with E-state index in [0.717, 1.165) is 35.3 Å². The fraction of sp³-hybridized carbons (Fsp3) is 0.462. The monoisotopic (exact) mass is 594 g/mol. The number of fused-ring (bicyclic) bond motifs is 1. The number of hydrogen-bond donors (Lipinski definition) is 1. The standard InChI is InChI=1S/C24H29IN4O2S.C2H6/c1-16-15-29(32-25)22-21(16)13-18(14-26-22)17-6-5-7-20(12-17)27-19-8-10-28(11-9-19)23(30)31-24(2,3)4;1-2/h5-7,12-15,19,27H,8-11H2,1-4H3;1-2H3. The molecule has 0 spiro atoms. The highest BCUT2D eigenvalue weighted by atomic mass is 127. The summed E-state index contributed by atoms with van der Waals surface area (Å²) in [7, 11) is 1.63. The molecule has 1 N–H and O–H groups in total. The molecule has 1 aliphatic heterocycles. The number of aryl methyl sites for hydroxylation is 1. The Balaban J connectivity index is 0.00000158. The van der Waals surface area contributed by atoms with Gasteiger partial charge in [0.05, 0.1) is 0 Å². The number of carbonyl (C=O) groups is 1. The number of aromatic nitrogens is 2. The summed E-state index contributed by atoms with van der Waals surface area (Å²) in [5, 5.41) is 4.83. The summed E-state index contributed by atoms with van der Waals surface area (Å²) in [5.74, 6) is 0. The summed E-state index contributed by atoms with van der Waals surface area (Å²) in [6, 6.07) is 11.0. The van der Waals surface area contributed by atoms with Crippen molar-refractivity contribution in [3.05, 3.63) is 48.3 Å². The Kier molecular flexibility index (Phi) is 9.14. The van der Waals surface area contributed by atoms with Gasteiger partial charge in [0.25, 0.3) is 0 Å². The molecular weight excluding hydrogens is 559 g/mol. The van der Waals surface area contributed by atoms with Crippen molar-refractivity contribution in [1.29, 1.82) is 0 Å². The van der Waals surface area contributed by atoms with Crippen molar-refractivity contribution < 1.29 is 9.53 Å². The molecule has 2 aromatic heterocycles. The van der Waals surface area contributed by atoms with E-state index in [4.69, 9.17) is 9.72 Å². The van der Waals surface area contributed by atoms with Gasteiger partial charge in [-0.15, -0.1) is 0 Å². The second kappa shape index (κ2) is 11.7. The molecule has 3 aromatic rings. The molecule has 184 valence electrons. The fourth-order valence-corrected chi connectivity index (χ4v) is 5.31. The van der Waals surface area contributed by atoms with Crippen LogP contribution in [-0.2, 0) is 4.74 Å². The number of amides is 1. The number of nitrogens with one attached hydrogen (secondary N) is 1. The number of anilines is 1. The Hall–Kier alpha value is -1.94. The zero-order valence-electron chi connectivity index (χ0n) is 20.9. The molecule has 0 bridgehead atoms. The minimum atomic E-state index is -0.458. The van der Waals surface area contributed by atoms with Crippen molar-refractivity contribution in [1.82, 2.24) is 13.9 Å². The maximum Gasteiger partial charge on any atom is 0.410 e. The molecule has 0 unspecified atom stereocenters. The number of rotatable bonds is 4. The number of carbonyl (C=O) groups excluding carboxylic acids is 1. The third-order valence-corrected chi connectivity index (χ3v) is 7.30. The molecule has 6 nitrogen and oxygen atoms in total. The Bertz CT molecular complexity index is 1120. The van der Waals surface area contributed by atoms with Gasteiger partial charge in [-0.1, -0.05) is 26.0 Å². The Morgan fingerprint density at radius 2 is 1.88 bits per heavy atom. The van der Waals surface area contributed by atoms with Crippen LogP contribution in [0, 0.1) is 6.92 Å². The van der Waals surface area contributed by atoms with Crippen molar-refractivity contribution >= 4 is 53.1 Å². The highest BCUT2D eigenvalue weighted by Gasteiger charge is 2.26. The summed E-state index contributed by atoms with van der Waals surface area (Å²) in [6.45, 7) is 13.2. The van der Waals surface area contributed by atoms with E-state index in [9.17, 15) is 4.79 Å². The second-order valence-electron chi connectivity index (χ2n) is 9.27. The van der Waals surface area contributed by atoms with E-state index >= 15 is 0 Å². The predicted octanol–water partition coefficient (Wildman–Crippen LogP) is 7.70. The third kappa shape index (κ3) is 6.59. The lowest BCUT2D eigenvalue weighted by Crippen LogP contribution is -2.44. The van der Waals surface area contributed by atoms with Gasteiger partial charge in [0.2, 0.25) is 0 Å². The van der Waals surface area contributed by atoms with Crippen molar-refractivity contribution in [2.45, 2.75) is 66.0 Å². The first kappa shape index (κ1) is 26.7. The zero-order valence-corrected chi connectivity index (χ0v) is 23.9. The van der Waals surface area contributed by atoms with Crippen molar-refractivity contribution in [3.63, 3.8) is 0 Å². The number of halogens is 1. The number of likely N-dealkylation sites (tertiary alicyclic amines) is 1. The molecule has 0 saturated carbocycles. The number of pyridine rings is 1. The van der Waals surface area contributed by atoms with Gasteiger partial charge < -0.3 is 15.0 Å². The van der Waals surface area contributed by atoms with Crippen LogP contribution in [0.1, 0.15) is 53.0 Å². The molecule has 1 amide bonds. The van der Waals surface area contributed by atoms with Crippen LogP contribution in [0.4, 0.5) is 10.5 Å². The molecule has 4 rings (SSSR count). The van der Waals surface area contributed by atoms with E-state index < -0.39 is 5.60 Å². The van der Waals surface area contributed by atoms with Crippen LogP contribution in [0.15, 0.2) is 42.7 Å². The average molecular weight is 595 g/mol. The predicted molar refractivity (Wildman–Crippen MR) is 153 cm³/mol. The van der Waals surface area contributed by atoms with Crippen LogP contribution >= 0.6 is 30.3 Å². The fourth-order valence-electron chi connectivity index (χ4n) is 4.00. The number of hydrogen-bond acceptors (Lipinski definition) is 5. The normalized spacial score (nSPS) is 14.5. The maximum atomic E-state index is 12.3. The molecule has 1 saturated heterocycles. The minimum absolute atomic E-state index is 0.217. The Labute approximate surface area is 219 Å². The molecule has 1 aliphatic rings. The zero-order chi connectivity index (χ0) is 24.9. The molecule has 0 aliphatic carbocycles. The van der Waals surface area contributed by atoms with E-state index in [-0.39, 0.29) is 6.09 Å². The van der Waals surface area contributed by atoms with Crippen LogP contribution in [0.25, 0.3) is 22.2 Å². The van der Waals surface area contributed by atoms with Crippen LogP contribution < -0.4 is 5.32 Å². The van der Waals surface area contributed by atoms with Crippen LogP contribution in [0.2, 0.25) is 0 Å². The molecule has 3 heterocycles. The van der Waals surface area contributed by atoms with Gasteiger partial charge in [-0.2, -0.15) is 0 Å². The largest absolute Gasteiger partial charge is 0.444 e. The van der Waals surface area contributed by atoms with Crippen LogP contribution in [0.5, 0.6) is 0 Å². The first-order valence-electron chi connectivity index (χ1n) is 11.9. The van der Waals surface area contributed by atoms with E-state index in [1.807, 2.05) is 45.7 Å². The van der Waals surface area contributed by atoms with Crippen molar-refractivity contribution in [3.8, 4) is 11.1 Å². The second-order valence-corrected chi connectivity index (χ2v) is 11.0.